The number of aromatic amines is 1. The molecule has 2 aliphatic heterocycles. The van der Waals surface area contributed by atoms with E-state index in [4.69, 9.17) is 4.98 Å². The number of nitrogens with one attached hydrogen (secondary N) is 1. The molecule has 0 radical (unpaired) electrons. The van der Waals surface area contributed by atoms with E-state index in [1.165, 1.54) is 4.68 Å². The van der Waals surface area contributed by atoms with Crippen LogP contribution in [0, 0.1) is 5.92 Å². The molecule has 0 aromatic carbocycles. The summed E-state index contributed by atoms with van der Waals surface area (Å²) in [6.07, 6.45) is 2.78. The Morgan fingerprint density at radius 2 is 1.88 bits per heavy atom. The largest absolute Gasteiger partial charge is 0.419 e. The van der Waals surface area contributed by atoms with Gasteiger partial charge in [-0.25, -0.2) is 9.97 Å². The Balaban J connectivity index is 1.24. The van der Waals surface area contributed by atoms with Crippen molar-refractivity contribution in [1.29, 1.82) is 0 Å². The SMILES string of the molecule is O=C(C1CCCN(c2ccc3[nH]c(C4(n5cc(C(F)(F)F)cn5)CC4)nc3n2)C1)N1CCCC1. The van der Waals surface area contributed by atoms with Crippen LogP contribution in [0.3, 0.4) is 0 Å². The fraction of sp³-hybridized carbons (Fsp3) is 0.565. The van der Waals surface area contributed by atoms with Crippen LogP contribution in [0.4, 0.5) is 19.0 Å². The van der Waals surface area contributed by atoms with Crippen molar-refractivity contribution in [2.75, 3.05) is 31.1 Å². The number of H-pyrrole nitrogens is 1. The molecule has 1 aliphatic carbocycles. The Kier molecular flexibility index (Phi) is 4.86. The number of halogens is 3. The van der Waals surface area contributed by atoms with Crippen molar-refractivity contribution in [3.05, 3.63) is 35.9 Å². The molecule has 3 aliphatic rings. The zero-order valence-corrected chi connectivity index (χ0v) is 18.7. The van der Waals surface area contributed by atoms with Gasteiger partial charge in [-0.1, -0.05) is 0 Å². The Labute approximate surface area is 194 Å². The van der Waals surface area contributed by atoms with E-state index in [1.807, 2.05) is 17.0 Å². The van der Waals surface area contributed by atoms with Gasteiger partial charge in [0.15, 0.2) is 5.65 Å². The average molecular weight is 474 g/mol. The van der Waals surface area contributed by atoms with Crippen LogP contribution in [0.25, 0.3) is 11.2 Å². The molecule has 6 rings (SSSR count). The molecule has 8 nitrogen and oxygen atoms in total. The summed E-state index contributed by atoms with van der Waals surface area (Å²) in [5.41, 5.74) is -0.203. The summed E-state index contributed by atoms with van der Waals surface area (Å²) in [7, 11) is 0. The minimum absolute atomic E-state index is 0.0172. The molecule has 34 heavy (non-hydrogen) atoms. The Morgan fingerprint density at radius 3 is 2.59 bits per heavy atom. The first-order valence-corrected chi connectivity index (χ1v) is 11.9. The fourth-order valence-electron chi connectivity index (χ4n) is 5.26. The first-order chi connectivity index (χ1) is 16.3. The zero-order valence-electron chi connectivity index (χ0n) is 18.7. The maximum Gasteiger partial charge on any atom is 0.419 e. The number of rotatable bonds is 4. The van der Waals surface area contributed by atoms with Gasteiger partial charge >= 0.3 is 6.18 Å². The number of imidazole rings is 1. The van der Waals surface area contributed by atoms with E-state index in [9.17, 15) is 18.0 Å². The highest BCUT2D eigenvalue weighted by atomic mass is 19.4. The topological polar surface area (TPSA) is 82.9 Å². The van der Waals surface area contributed by atoms with Gasteiger partial charge in [-0.05, 0) is 50.7 Å². The molecule has 2 saturated heterocycles. The summed E-state index contributed by atoms with van der Waals surface area (Å²) < 4.78 is 40.5. The van der Waals surface area contributed by atoms with Gasteiger partial charge in [-0.3, -0.25) is 9.48 Å². The molecule has 0 bridgehead atoms. The second-order valence-corrected chi connectivity index (χ2v) is 9.65. The first kappa shape index (κ1) is 21.4. The van der Waals surface area contributed by atoms with Gasteiger partial charge in [0, 0.05) is 32.4 Å². The van der Waals surface area contributed by atoms with Crippen molar-refractivity contribution >= 4 is 22.9 Å². The van der Waals surface area contributed by atoms with Gasteiger partial charge < -0.3 is 14.8 Å². The van der Waals surface area contributed by atoms with Crippen LogP contribution in [0.1, 0.15) is 49.9 Å². The third kappa shape index (κ3) is 3.61. The molecule has 1 atom stereocenters. The van der Waals surface area contributed by atoms with Crippen molar-refractivity contribution in [3.8, 4) is 0 Å². The quantitative estimate of drug-likeness (QED) is 0.627. The second kappa shape index (κ2) is 7.71. The van der Waals surface area contributed by atoms with Crippen LogP contribution in [0.5, 0.6) is 0 Å². The maximum absolute atomic E-state index is 13.1. The number of alkyl halides is 3. The average Bonchev–Trinajstić information content (AvgIpc) is 3.26. The number of amides is 1. The molecule has 1 amide bonds. The first-order valence-electron chi connectivity index (χ1n) is 11.9. The smallest absolute Gasteiger partial charge is 0.356 e. The molecular formula is C23H26F3N7O. The number of pyridine rings is 1. The second-order valence-electron chi connectivity index (χ2n) is 9.65. The molecule has 3 aromatic rings. The normalized spacial score (nSPS) is 22.5. The number of likely N-dealkylation sites (tertiary alicyclic amines) is 1. The number of hydrogen-bond donors (Lipinski definition) is 1. The minimum atomic E-state index is -4.43. The number of nitrogens with zero attached hydrogens (tertiary/aromatic N) is 6. The van der Waals surface area contributed by atoms with Crippen molar-refractivity contribution in [1.82, 2.24) is 29.6 Å². The van der Waals surface area contributed by atoms with Crippen molar-refractivity contribution in [2.24, 2.45) is 5.92 Å². The Bertz CT molecular complexity index is 1220. The van der Waals surface area contributed by atoms with E-state index in [1.54, 1.807) is 0 Å². The van der Waals surface area contributed by atoms with Crippen molar-refractivity contribution in [3.63, 3.8) is 0 Å². The summed E-state index contributed by atoms with van der Waals surface area (Å²) in [4.78, 5) is 29.7. The number of carbonyl (C=O) groups excluding carboxylic acids is 1. The predicted octanol–water partition coefficient (Wildman–Crippen LogP) is 3.55. The standard InChI is InChI=1S/C23H26F3N7O/c24-23(25,26)16-12-27-33(14-16)22(7-8-22)21-28-17-5-6-18(29-19(17)30-21)32-11-3-4-15(13-32)20(34)31-9-1-2-10-31/h5-6,12,14-15H,1-4,7-11,13H2,(H,28,29,30). The molecule has 1 saturated carbocycles. The molecule has 3 aromatic heterocycles. The van der Waals surface area contributed by atoms with Crippen LogP contribution >= 0.6 is 0 Å². The van der Waals surface area contributed by atoms with Crippen LogP contribution in [0.15, 0.2) is 24.5 Å². The molecule has 1 unspecified atom stereocenters. The highest BCUT2D eigenvalue weighted by molar-refractivity contribution is 5.80. The number of hydrogen-bond acceptors (Lipinski definition) is 5. The summed E-state index contributed by atoms with van der Waals surface area (Å²) in [6.45, 7) is 3.19. The van der Waals surface area contributed by atoms with Crippen LogP contribution < -0.4 is 4.90 Å². The van der Waals surface area contributed by atoms with E-state index in [2.05, 4.69) is 20.0 Å². The van der Waals surface area contributed by atoms with Gasteiger partial charge in [0.2, 0.25) is 5.91 Å². The number of aromatic nitrogens is 5. The summed E-state index contributed by atoms with van der Waals surface area (Å²) in [5, 5.41) is 3.98. The monoisotopic (exact) mass is 473 g/mol. The molecule has 3 fully saturated rings. The predicted molar refractivity (Wildman–Crippen MR) is 118 cm³/mol. The highest BCUT2D eigenvalue weighted by Gasteiger charge is 2.51. The molecule has 0 spiro atoms. The molecule has 11 heteroatoms. The van der Waals surface area contributed by atoms with Gasteiger partial charge in [0.25, 0.3) is 0 Å². The van der Waals surface area contributed by atoms with Gasteiger partial charge in [0.05, 0.1) is 23.2 Å². The Morgan fingerprint density at radius 1 is 1.09 bits per heavy atom. The number of carbonyl (C=O) groups is 1. The summed E-state index contributed by atoms with van der Waals surface area (Å²) in [6, 6.07) is 3.82. The molecule has 1 N–H and O–H groups in total. The van der Waals surface area contributed by atoms with Gasteiger partial charge in [0.1, 0.15) is 17.2 Å². The van der Waals surface area contributed by atoms with E-state index < -0.39 is 17.3 Å². The molecule has 180 valence electrons. The van der Waals surface area contributed by atoms with E-state index in [0.717, 1.165) is 69.0 Å². The summed E-state index contributed by atoms with van der Waals surface area (Å²) in [5.74, 6) is 1.58. The van der Waals surface area contributed by atoms with Crippen LogP contribution in [-0.4, -0.2) is 61.7 Å². The van der Waals surface area contributed by atoms with Crippen LogP contribution in [-0.2, 0) is 16.5 Å². The third-order valence-corrected chi connectivity index (χ3v) is 7.36. The fourth-order valence-corrected chi connectivity index (χ4v) is 5.26. The lowest BCUT2D eigenvalue weighted by molar-refractivity contribution is -0.137. The van der Waals surface area contributed by atoms with E-state index in [0.29, 0.717) is 30.9 Å². The Hall–Kier alpha value is -3.11. The zero-order chi connectivity index (χ0) is 23.5. The highest BCUT2D eigenvalue weighted by Crippen LogP contribution is 2.48. The lowest BCUT2D eigenvalue weighted by Crippen LogP contribution is -2.44. The van der Waals surface area contributed by atoms with E-state index in [-0.39, 0.29) is 11.8 Å². The molecule has 5 heterocycles. The van der Waals surface area contributed by atoms with E-state index >= 15 is 0 Å². The molecular weight excluding hydrogens is 447 g/mol. The van der Waals surface area contributed by atoms with Crippen molar-refractivity contribution < 1.29 is 18.0 Å². The van der Waals surface area contributed by atoms with Gasteiger partial charge in [-0.2, -0.15) is 18.3 Å². The number of piperidine rings is 1. The number of anilines is 1. The third-order valence-electron chi connectivity index (χ3n) is 7.36. The van der Waals surface area contributed by atoms with Crippen LogP contribution in [0.2, 0.25) is 0 Å². The lowest BCUT2D eigenvalue weighted by Gasteiger charge is -2.34. The van der Waals surface area contributed by atoms with Crippen molar-refractivity contribution in [2.45, 2.75) is 50.2 Å². The maximum atomic E-state index is 13.1. The van der Waals surface area contributed by atoms with Gasteiger partial charge in [-0.15, -0.1) is 0 Å². The lowest BCUT2D eigenvalue weighted by atomic mass is 9.96. The summed E-state index contributed by atoms with van der Waals surface area (Å²) >= 11 is 0. The minimum Gasteiger partial charge on any atom is -0.356 e. The number of fused-ring (bicyclic) bond motifs is 1.